The van der Waals surface area contributed by atoms with E-state index in [0.717, 1.165) is 30.0 Å². The Kier molecular flexibility index (Phi) is 3.65. The molecule has 20 heavy (non-hydrogen) atoms. The molecule has 0 spiro atoms. The van der Waals surface area contributed by atoms with Gasteiger partial charge in [0.15, 0.2) is 0 Å². The number of nitrogens with zero attached hydrogens (tertiary/aromatic N) is 2. The Morgan fingerprint density at radius 2 is 2.20 bits per heavy atom. The summed E-state index contributed by atoms with van der Waals surface area (Å²) < 4.78 is 0. The third-order valence-electron chi connectivity index (χ3n) is 4.02. The average molecular weight is 291 g/mol. The van der Waals surface area contributed by atoms with E-state index >= 15 is 0 Å². The monoisotopic (exact) mass is 291 g/mol. The Labute approximate surface area is 123 Å². The van der Waals surface area contributed by atoms with Crippen LogP contribution in [0.4, 0.5) is 5.82 Å². The summed E-state index contributed by atoms with van der Waals surface area (Å²) in [5.74, 6) is 0.959. The summed E-state index contributed by atoms with van der Waals surface area (Å²) in [5, 5.41) is 13.8. The number of aryl methyl sites for hydroxylation is 2. The van der Waals surface area contributed by atoms with Gasteiger partial charge in [0.25, 0.3) is 0 Å². The molecule has 0 saturated heterocycles. The Morgan fingerprint density at radius 3 is 3.00 bits per heavy atom. The molecular weight excluding hydrogens is 270 g/mol. The summed E-state index contributed by atoms with van der Waals surface area (Å²) in [4.78, 5) is 11.4. The third-order valence-corrected chi connectivity index (χ3v) is 5.22. The molecule has 1 aliphatic rings. The highest BCUT2D eigenvalue weighted by atomic mass is 32.1. The maximum Gasteiger partial charge on any atom is 0.138 e. The zero-order chi connectivity index (χ0) is 14.2. The molecule has 0 unspecified atom stereocenters. The van der Waals surface area contributed by atoms with Gasteiger partial charge in [0.05, 0.1) is 5.39 Å². The summed E-state index contributed by atoms with van der Waals surface area (Å²) in [7, 11) is 0. The quantitative estimate of drug-likeness (QED) is 0.889. The Hall–Kier alpha value is -1.20. The second kappa shape index (κ2) is 5.30. The van der Waals surface area contributed by atoms with Crippen molar-refractivity contribution in [2.24, 2.45) is 5.41 Å². The van der Waals surface area contributed by atoms with Crippen LogP contribution < -0.4 is 5.32 Å². The van der Waals surface area contributed by atoms with Crippen molar-refractivity contribution in [2.45, 2.75) is 39.5 Å². The van der Waals surface area contributed by atoms with Gasteiger partial charge < -0.3 is 10.4 Å². The van der Waals surface area contributed by atoms with Crippen LogP contribution in [-0.4, -0.2) is 28.2 Å². The molecule has 2 N–H and O–H groups in total. The molecule has 0 aliphatic heterocycles. The predicted octanol–water partition coefficient (Wildman–Crippen LogP) is 3.00. The van der Waals surface area contributed by atoms with Crippen molar-refractivity contribution in [2.75, 3.05) is 18.5 Å². The first-order chi connectivity index (χ1) is 9.61. The van der Waals surface area contributed by atoms with E-state index in [1.165, 1.54) is 28.7 Å². The SMILES string of the molecule is CC(C)(CCO)CNc1ncnc2sc3c(c12)CCC3. The number of rotatable bonds is 5. The van der Waals surface area contributed by atoms with Gasteiger partial charge in [-0.3, -0.25) is 0 Å². The summed E-state index contributed by atoms with van der Waals surface area (Å²) in [6, 6.07) is 0. The van der Waals surface area contributed by atoms with Crippen LogP contribution >= 0.6 is 11.3 Å². The molecule has 0 atom stereocenters. The van der Waals surface area contributed by atoms with Crippen molar-refractivity contribution < 1.29 is 5.11 Å². The van der Waals surface area contributed by atoms with Crippen molar-refractivity contribution in [1.29, 1.82) is 0 Å². The van der Waals surface area contributed by atoms with Crippen LogP contribution in [0.15, 0.2) is 6.33 Å². The Bertz CT molecular complexity index is 621. The predicted molar refractivity (Wildman–Crippen MR) is 83.4 cm³/mol. The first-order valence-corrected chi connectivity index (χ1v) is 8.02. The molecule has 2 aromatic rings. The third kappa shape index (κ3) is 2.52. The molecule has 0 saturated carbocycles. The molecule has 0 fully saturated rings. The van der Waals surface area contributed by atoms with Crippen molar-refractivity contribution in [3.8, 4) is 0 Å². The maximum atomic E-state index is 9.11. The largest absolute Gasteiger partial charge is 0.396 e. The first kappa shape index (κ1) is 13.8. The molecule has 4 nitrogen and oxygen atoms in total. The molecular formula is C15H21N3OS. The highest BCUT2D eigenvalue weighted by Crippen LogP contribution is 2.39. The fourth-order valence-electron chi connectivity index (χ4n) is 2.78. The maximum absolute atomic E-state index is 9.11. The lowest BCUT2D eigenvalue weighted by molar-refractivity contribution is 0.220. The number of hydrogen-bond acceptors (Lipinski definition) is 5. The highest BCUT2D eigenvalue weighted by molar-refractivity contribution is 7.19. The summed E-state index contributed by atoms with van der Waals surface area (Å²) >= 11 is 1.81. The van der Waals surface area contributed by atoms with Crippen molar-refractivity contribution >= 4 is 27.4 Å². The summed E-state index contributed by atoms with van der Waals surface area (Å²) in [6.45, 7) is 5.35. The van der Waals surface area contributed by atoms with Gasteiger partial charge in [-0.05, 0) is 36.7 Å². The van der Waals surface area contributed by atoms with Crippen molar-refractivity contribution in [1.82, 2.24) is 9.97 Å². The smallest absolute Gasteiger partial charge is 0.138 e. The molecule has 1 aliphatic carbocycles. The number of fused-ring (bicyclic) bond motifs is 3. The molecule has 2 heterocycles. The minimum absolute atomic E-state index is 0.0607. The zero-order valence-electron chi connectivity index (χ0n) is 12.1. The topological polar surface area (TPSA) is 58.0 Å². The molecule has 0 aromatic carbocycles. The van der Waals surface area contributed by atoms with Gasteiger partial charge in [-0.2, -0.15) is 0 Å². The molecule has 2 aromatic heterocycles. The van der Waals surface area contributed by atoms with E-state index in [4.69, 9.17) is 5.11 Å². The summed E-state index contributed by atoms with van der Waals surface area (Å²) in [6.07, 6.45) is 6.02. The minimum Gasteiger partial charge on any atom is -0.396 e. The lowest BCUT2D eigenvalue weighted by Crippen LogP contribution is -2.24. The van der Waals surface area contributed by atoms with Crippen LogP contribution in [0.25, 0.3) is 10.2 Å². The molecule has 5 heteroatoms. The first-order valence-electron chi connectivity index (χ1n) is 7.21. The molecule has 0 amide bonds. The van der Waals surface area contributed by atoms with Gasteiger partial charge in [-0.25, -0.2) is 9.97 Å². The number of anilines is 1. The Balaban J connectivity index is 1.88. The van der Waals surface area contributed by atoms with Crippen LogP contribution in [0.5, 0.6) is 0 Å². The van der Waals surface area contributed by atoms with E-state index in [2.05, 4.69) is 29.1 Å². The molecule has 3 rings (SSSR count). The number of hydrogen-bond donors (Lipinski definition) is 2. The van der Waals surface area contributed by atoms with E-state index in [0.29, 0.717) is 0 Å². The van der Waals surface area contributed by atoms with Gasteiger partial charge >= 0.3 is 0 Å². The zero-order valence-corrected chi connectivity index (χ0v) is 12.9. The Morgan fingerprint density at radius 1 is 1.35 bits per heavy atom. The lowest BCUT2D eigenvalue weighted by atomic mass is 9.90. The summed E-state index contributed by atoms with van der Waals surface area (Å²) in [5.41, 5.74) is 1.51. The molecule has 0 radical (unpaired) electrons. The number of aliphatic hydroxyl groups excluding tert-OH is 1. The second-order valence-corrected chi connectivity index (χ2v) is 7.33. The van der Waals surface area contributed by atoms with Gasteiger partial charge in [-0.1, -0.05) is 13.8 Å². The van der Waals surface area contributed by atoms with Crippen LogP contribution in [0.3, 0.4) is 0 Å². The number of thiophene rings is 1. The fraction of sp³-hybridized carbons (Fsp3) is 0.600. The van der Waals surface area contributed by atoms with E-state index in [9.17, 15) is 0 Å². The number of aliphatic hydroxyl groups is 1. The van der Waals surface area contributed by atoms with Crippen molar-refractivity contribution in [3.05, 3.63) is 16.8 Å². The van der Waals surface area contributed by atoms with Gasteiger partial charge in [-0.15, -0.1) is 11.3 Å². The number of aromatic nitrogens is 2. The number of nitrogens with one attached hydrogen (secondary N) is 1. The van der Waals surface area contributed by atoms with E-state index in [1.54, 1.807) is 6.33 Å². The lowest BCUT2D eigenvalue weighted by Gasteiger charge is -2.24. The van der Waals surface area contributed by atoms with Crippen LogP contribution in [0, 0.1) is 5.41 Å². The normalized spacial score (nSPS) is 14.8. The van der Waals surface area contributed by atoms with Gasteiger partial charge in [0.2, 0.25) is 0 Å². The van der Waals surface area contributed by atoms with Gasteiger partial charge in [0, 0.05) is 18.0 Å². The van der Waals surface area contributed by atoms with Crippen molar-refractivity contribution in [3.63, 3.8) is 0 Å². The van der Waals surface area contributed by atoms with Crippen LogP contribution in [-0.2, 0) is 12.8 Å². The fourth-order valence-corrected chi connectivity index (χ4v) is 4.01. The van der Waals surface area contributed by atoms with Crippen LogP contribution in [0.2, 0.25) is 0 Å². The molecule has 108 valence electrons. The van der Waals surface area contributed by atoms with Crippen LogP contribution in [0.1, 0.15) is 37.1 Å². The van der Waals surface area contributed by atoms with E-state index in [1.807, 2.05) is 11.3 Å². The minimum atomic E-state index is 0.0607. The van der Waals surface area contributed by atoms with E-state index in [-0.39, 0.29) is 12.0 Å². The highest BCUT2D eigenvalue weighted by Gasteiger charge is 2.22. The van der Waals surface area contributed by atoms with Gasteiger partial charge in [0.1, 0.15) is 17.0 Å². The van der Waals surface area contributed by atoms with E-state index < -0.39 is 0 Å². The molecule has 0 bridgehead atoms. The second-order valence-electron chi connectivity index (χ2n) is 6.25. The standard InChI is InChI=1S/C15H21N3OS/c1-15(2,6-7-19)8-16-13-12-10-4-3-5-11(10)20-14(12)18-9-17-13/h9,19H,3-8H2,1-2H3,(H,16,17,18). The average Bonchev–Trinajstić information content (AvgIpc) is 2.96.